The van der Waals surface area contributed by atoms with Crippen LogP contribution in [0.5, 0.6) is 5.75 Å². The van der Waals surface area contributed by atoms with Gasteiger partial charge in [0.15, 0.2) is 0 Å². The van der Waals surface area contributed by atoms with Crippen LogP contribution in [0.25, 0.3) is 0 Å². The van der Waals surface area contributed by atoms with Crippen LogP contribution >= 0.6 is 0 Å². The third-order valence-corrected chi connectivity index (χ3v) is 4.98. The zero-order valence-electron chi connectivity index (χ0n) is 12.7. The molecule has 1 atom stereocenters. The van der Waals surface area contributed by atoms with Crippen molar-refractivity contribution in [2.24, 2.45) is 0 Å². The van der Waals surface area contributed by atoms with Gasteiger partial charge in [0.1, 0.15) is 5.75 Å². The van der Waals surface area contributed by atoms with Crippen LogP contribution in [0.2, 0.25) is 0 Å². The molecule has 1 N–H and O–H groups in total. The van der Waals surface area contributed by atoms with E-state index in [4.69, 9.17) is 4.74 Å². The first-order chi connectivity index (χ1) is 9.71. The summed E-state index contributed by atoms with van der Waals surface area (Å²) in [5.41, 5.74) is 1.75. The molecule has 1 aliphatic carbocycles. The number of rotatable bonds is 3. The van der Waals surface area contributed by atoms with E-state index in [9.17, 15) is 0 Å². The minimum Gasteiger partial charge on any atom is -0.497 e. The fourth-order valence-corrected chi connectivity index (χ4v) is 3.70. The van der Waals surface area contributed by atoms with E-state index in [-0.39, 0.29) is 0 Å². The Bertz CT molecular complexity index is 454. The summed E-state index contributed by atoms with van der Waals surface area (Å²) in [6, 6.07) is 9.08. The van der Waals surface area contributed by atoms with E-state index < -0.39 is 0 Å². The van der Waals surface area contributed by atoms with Gasteiger partial charge in [0, 0.05) is 31.2 Å². The van der Waals surface area contributed by atoms with Gasteiger partial charge in [-0.15, -0.1) is 0 Å². The highest BCUT2D eigenvalue weighted by atomic mass is 16.5. The maximum Gasteiger partial charge on any atom is 0.119 e. The Morgan fingerprint density at radius 1 is 1.35 bits per heavy atom. The van der Waals surface area contributed by atoms with Gasteiger partial charge in [-0.2, -0.15) is 0 Å². The van der Waals surface area contributed by atoms with E-state index in [2.05, 4.69) is 35.3 Å². The Kier molecular flexibility index (Phi) is 3.99. The first-order valence-electron chi connectivity index (χ1n) is 7.83. The monoisotopic (exact) mass is 274 g/mol. The zero-order valence-corrected chi connectivity index (χ0v) is 12.7. The highest BCUT2D eigenvalue weighted by molar-refractivity contribution is 5.28. The molecule has 2 aliphatic rings. The molecular weight excluding hydrogens is 248 g/mol. The van der Waals surface area contributed by atoms with E-state index in [1.165, 1.54) is 37.8 Å². The van der Waals surface area contributed by atoms with Gasteiger partial charge in [-0.25, -0.2) is 0 Å². The maximum atomic E-state index is 5.33. The van der Waals surface area contributed by atoms with Gasteiger partial charge in [0.25, 0.3) is 0 Å². The van der Waals surface area contributed by atoms with E-state index in [0.717, 1.165) is 18.8 Å². The summed E-state index contributed by atoms with van der Waals surface area (Å²) in [5.74, 6) is 0.959. The summed E-state index contributed by atoms with van der Waals surface area (Å²) >= 11 is 0. The van der Waals surface area contributed by atoms with Gasteiger partial charge in [-0.3, -0.25) is 4.90 Å². The fourth-order valence-electron chi connectivity index (χ4n) is 3.70. The second-order valence-electron chi connectivity index (χ2n) is 6.47. The van der Waals surface area contributed by atoms with Crippen molar-refractivity contribution >= 4 is 0 Å². The molecule has 1 spiro atoms. The van der Waals surface area contributed by atoms with Crippen molar-refractivity contribution in [3.63, 3.8) is 0 Å². The van der Waals surface area contributed by atoms with E-state index in [1.54, 1.807) is 7.11 Å². The first-order valence-corrected chi connectivity index (χ1v) is 7.83. The molecule has 2 fully saturated rings. The van der Waals surface area contributed by atoms with Crippen molar-refractivity contribution < 1.29 is 4.74 Å². The smallest absolute Gasteiger partial charge is 0.119 e. The minimum absolute atomic E-state index is 0.394. The molecule has 20 heavy (non-hydrogen) atoms. The zero-order chi connectivity index (χ0) is 14.0. The molecule has 1 heterocycles. The molecular formula is C17H26N2O. The molecule has 1 saturated heterocycles. The highest BCUT2D eigenvalue weighted by Crippen LogP contribution is 2.33. The summed E-state index contributed by atoms with van der Waals surface area (Å²) in [6.07, 6.45) is 5.45. The molecule has 0 aromatic heterocycles. The molecule has 3 heteroatoms. The number of methoxy groups -OCH3 is 1. The summed E-state index contributed by atoms with van der Waals surface area (Å²) in [5, 5.41) is 3.82. The van der Waals surface area contributed by atoms with Crippen LogP contribution in [-0.2, 0) is 6.54 Å². The Balaban J connectivity index is 1.71. The molecule has 0 amide bonds. The number of nitrogens with one attached hydrogen (secondary N) is 1. The van der Waals surface area contributed by atoms with Crippen LogP contribution in [0.4, 0.5) is 0 Å². The van der Waals surface area contributed by atoms with Crippen LogP contribution in [0.3, 0.4) is 0 Å². The van der Waals surface area contributed by atoms with Crippen LogP contribution in [0, 0.1) is 0 Å². The van der Waals surface area contributed by atoms with E-state index >= 15 is 0 Å². The van der Waals surface area contributed by atoms with E-state index in [1.807, 2.05) is 6.07 Å². The lowest BCUT2D eigenvalue weighted by molar-refractivity contribution is 0.0826. The third kappa shape index (κ3) is 2.84. The number of ether oxygens (including phenoxy) is 1. The van der Waals surface area contributed by atoms with Crippen LogP contribution in [-0.4, -0.2) is 36.7 Å². The summed E-state index contributed by atoms with van der Waals surface area (Å²) in [6.45, 7) is 5.66. The Labute approximate surface area is 122 Å². The van der Waals surface area contributed by atoms with Crippen molar-refractivity contribution in [3.05, 3.63) is 29.8 Å². The van der Waals surface area contributed by atoms with Crippen LogP contribution in [0.15, 0.2) is 24.3 Å². The van der Waals surface area contributed by atoms with Crippen molar-refractivity contribution in [1.29, 1.82) is 0 Å². The van der Waals surface area contributed by atoms with Gasteiger partial charge >= 0.3 is 0 Å². The maximum absolute atomic E-state index is 5.33. The number of benzene rings is 1. The number of nitrogens with zero attached hydrogens (tertiary/aromatic N) is 1. The average molecular weight is 274 g/mol. The molecule has 1 aliphatic heterocycles. The lowest BCUT2D eigenvalue weighted by Gasteiger charge is -2.45. The molecule has 1 aromatic rings. The molecule has 3 rings (SSSR count). The average Bonchev–Trinajstić information content (AvgIpc) is 2.92. The van der Waals surface area contributed by atoms with Crippen molar-refractivity contribution in [2.45, 2.75) is 50.7 Å². The summed E-state index contributed by atoms with van der Waals surface area (Å²) < 4.78 is 5.33. The van der Waals surface area contributed by atoms with Gasteiger partial charge < -0.3 is 10.1 Å². The Hall–Kier alpha value is -1.06. The number of hydrogen-bond acceptors (Lipinski definition) is 3. The second kappa shape index (κ2) is 5.74. The molecule has 0 radical (unpaired) electrons. The largest absolute Gasteiger partial charge is 0.497 e. The Morgan fingerprint density at radius 3 is 2.90 bits per heavy atom. The lowest BCUT2D eigenvalue weighted by Crippen LogP contribution is -2.62. The molecule has 110 valence electrons. The number of piperazine rings is 1. The van der Waals surface area contributed by atoms with Crippen molar-refractivity contribution in [1.82, 2.24) is 10.2 Å². The topological polar surface area (TPSA) is 24.5 Å². The lowest BCUT2D eigenvalue weighted by atomic mass is 9.92. The highest BCUT2D eigenvalue weighted by Gasteiger charge is 2.39. The van der Waals surface area contributed by atoms with Gasteiger partial charge in [-0.1, -0.05) is 25.0 Å². The SMILES string of the molecule is COc1cccc(CN2CC3(CCCC3)NCC2C)c1. The third-order valence-electron chi connectivity index (χ3n) is 4.98. The van der Waals surface area contributed by atoms with E-state index in [0.29, 0.717) is 11.6 Å². The predicted octanol–water partition coefficient (Wildman–Crippen LogP) is 2.80. The summed E-state index contributed by atoms with van der Waals surface area (Å²) in [4.78, 5) is 2.64. The number of hydrogen-bond donors (Lipinski definition) is 1. The quantitative estimate of drug-likeness (QED) is 0.917. The summed E-state index contributed by atoms with van der Waals surface area (Å²) in [7, 11) is 1.74. The molecule has 0 bridgehead atoms. The predicted molar refractivity (Wildman–Crippen MR) is 82.1 cm³/mol. The Morgan fingerprint density at radius 2 is 2.15 bits per heavy atom. The van der Waals surface area contributed by atoms with Crippen molar-refractivity contribution in [3.8, 4) is 5.75 Å². The van der Waals surface area contributed by atoms with Gasteiger partial charge in [0.2, 0.25) is 0 Å². The molecule has 1 unspecified atom stereocenters. The normalized spacial score (nSPS) is 26.0. The fraction of sp³-hybridized carbons (Fsp3) is 0.647. The minimum atomic E-state index is 0.394. The van der Waals surface area contributed by atoms with Crippen LogP contribution < -0.4 is 10.1 Å². The standard InChI is InChI=1S/C17H26N2O/c1-14-11-18-17(8-3-4-9-17)13-19(14)12-15-6-5-7-16(10-15)20-2/h5-7,10,14,18H,3-4,8-9,11-13H2,1-2H3. The molecule has 1 aromatic carbocycles. The second-order valence-corrected chi connectivity index (χ2v) is 6.47. The van der Waals surface area contributed by atoms with Crippen LogP contribution in [0.1, 0.15) is 38.2 Å². The first kappa shape index (κ1) is 13.9. The molecule has 1 saturated carbocycles. The molecule has 3 nitrogen and oxygen atoms in total. The van der Waals surface area contributed by atoms with Gasteiger partial charge in [0.05, 0.1) is 7.11 Å². The van der Waals surface area contributed by atoms with Crippen molar-refractivity contribution in [2.75, 3.05) is 20.2 Å². The van der Waals surface area contributed by atoms with Gasteiger partial charge in [-0.05, 0) is 37.5 Å².